The molecule has 0 saturated carbocycles. The van der Waals surface area contributed by atoms with Gasteiger partial charge in [-0.15, -0.1) is 11.8 Å². The molecule has 22 heavy (non-hydrogen) atoms. The van der Waals surface area contributed by atoms with Crippen LogP contribution in [-0.4, -0.2) is 12.4 Å². The van der Waals surface area contributed by atoms with Gasteiger partial charge in [0.15, 0.2) is 0 Å². The summed E-state index contributed by atoms with van der Waals surface area (Å²) in [7, 11) is 0. The molecule has 0 heterocycles. The van der Waals surface area contributed by atoms with E-state index in [1.165, 1.54) is 15.7 Å². The van der Waals surface area contributed by atoms with Crippen LogP contribution in [0.5, 0.6) is 5.75 Å². The van der Waals surface area contributed by atoms with E-state index in [0.717, 1.165) is 11.5 Å². The maximum atomic E-state index is 5.62. The number of fused-ring (bicyclic) bond motifs is 1. The van der Waals surface area contributed by atoms with Gasteiger partial charge in [0, 0.05) is 10.6 Å². The molecule has 0 N–H and O–H groups in total. The van der Waals surface area contributed by atoms with Gasteiger partial charge in [-0.05, 0) is 35.0 Å². The lowest BCUT2D eigenvalue weighted by atomic mass is 10.1. The van der Waals surface area contributed by atoms with Gasteiger partial charge in [0.2, 0.25) is 0 Å². The summed E-state index contributed by atoms with van der Waals surface area (Å²) < 4.78 is 5.62. The molecule has 0 aliphatic rings. The fraction of sp³-hybridized carbons (Fsp3) is 0.100. The van der Waals surface area contributed by atoms with Gasteiger partial charge in [0.05, 0.1) is 0 Å². The zero-order valence-electron chi connectivity index (χ0n) is 12.3. The van der Waals surface area contributed by atoms with Crippen LogP contribution in [0.1, 0.15) is 0 Å². The normalized spacial score (nSPS) is 11.1. The molecule has 3 rings (SSSR count). The first-order valence-corrected chi connectivity index (χ1v) is 8.35. The molecule has 0 spiro atoms. The van der Waals surface area contributed by atoms with E-state index < -0.39 is 0 Å². The largest absolute Gasteiger partial charge is 0.490 e. The standard InChI is InChI=1S/C20H18OS/c1-2-10-19(11-3-1)21-14-6-7-15-22-20-13-12-17-8-4-5-9-18(17)16-20/h1-13,16H,14-15H2. The first-order chi connectivity index (χ1) is 10.9. The molecule has 1 nitrogen and oxygen atoms in total. The zero-order chi connectivity index (χ0) is 15.0. The van der Waals surface area contributed by atoms with Crippen LogP contribution in [0.2, 0.25) is 0 Å². The van der Waals surface area contributed by atoms with Crippen LogP contribution in [-0.2, 0) is 0 Å². The van der Waals surface area contributed by atoms with Crippen LogP contribution in [0.15, 0.2) is 89.8 Å². The molecule has 0 aliphatic heterocycles. The molecule has 0 saturated heterocycles. The van der Waals surface area contributed by atoms with Crippen molar-refractivity contribution in [2.45, 2.75) is 4.90 Å². The molecule has 0 aliphatic carbocycles. The minimum absolute atomic E-state index is 0.613. The SMILES string of the molecule is C(=CCSc1ccc2ccccc2c1)COc1ccccc1. The molecule has 0 radical (unpaired) electrons. The summed E-state index contributed by atoms with van der Waals surface area (Å²) in [6, 6.07) is 25.0. The van der Waals surface area contributed by atoms with E-state index in [4.69, 9.17) is 4.74 Å². The van der Waals surface area contributed by atoms with Crippen molar-refractivity contribution in [3.05, 3.63) is 84.9 Å². The smallest absolute Gasteiger partial charge is 0.119 e. The van der Waals surface area contributed by atoms with E-state index in [1.807, 2.05) is 42.1 Å². The average Bonchev–Trinajstić information content (AvgIpc) is 2.59. The maximum Gasteiger partial charge on any atom is 0.119 e. The molecule has 0 fully saturated rings. The Morgan fingerprint density at radius 1 is 0.773 bits per heavy atom. The van der Waals surface area contributed by atoms with E-state index in [9.17, 15) is 0 Å². The lowest BCUT2D eigenvalue weighted by molar-refractivity contribution is 0.363. The second kappa shape index (κ2) is 7.71. The predicted octanol–water partition coefficient (Wildman–Crippen LogP) is 5.57. The van der Waals surface area contributed by atoms with Crippen molar-refractivity contribution in [3.63, 3.8) is 0 Å². The molecule has 3 aromatic rings. The van der Waals surface area contributed by atoms with Crippen molar-refractivity contribution in [2.75, 3.05) is 12.4 Å². The number of hydrogen-bond donors (Lipinski definition) is 0. The van der Waals surface area contributed by atoms with E-state index >= 15 is 0 Å². The third-order valence-electron chi connectivity index (χ3n) is 3.32. The summed E-state index contributed by atoms with van der Waals surface area (Å²) in [5.74, 6) is 1.87. The summed E-state index contributed by atoms with van der Waals surface area (Å²) in [5, 5.41) is 2.59. The van der Waals surface area contributed by atoms with Crippen LogP contribution < -0.4 is 4.74 Å². The Morgan fingerprint density at radius 2 is 1.55 bits per heavy atom. The van der Waals surface area contributed by atoms with Gasteiger partial charge in [-0.1, -0.05) is 60.7 Å². The Hall–Kier alpha value is -2.19. The Labute approximate surface area is 135 Å². The van der Waals surface area contributed by atoms with Gasteiger partial charge in [-0.3, -0.25) is 0 Å². The van der Waals surface area contributed by atoms with Crippen LogP contribution in [0.4, 0.5) is 0 Å². The van der Waals surface area contributed by atoms with Gasteiger partial charge in [-0.25, -0.2) is 0 Å². The molecule has 0 atom stereocenters. The highest BCUT2D eigenvalue weighted by Gasteiger charge is 1.95. The zero-order valence-corrected chi connectivity index (χ0v) is 13.1. The summed E-state index contributed by atoms with van der Waals surface area (Å²) >= 11 is 1.84. The number of para-hydroxylation sites is 1. The molecule has 0 bridgehead atoms. The molecular formula is C20H18OS. The van der Waals surface area contributed by atoms with Gasteiger partial charge >= 0.3 is 0 Å². The Morgan fingerprint density at radius 3 is 2.41 bits per heavy atom. The van der Waals surface area contributed by atoms with Crippen LogP contribution >= 0.6 is 11.8 Å². The molecule has 2 heteroatoms. The third kappa shape index (κ3) is 4.15. The van der Waals surface area contributed by atoms with Crippen molar-refractivity contribution < 1.29 is 4.74 Å². The van der Waals surface area contributed by atoms with Crippen LogP contribution in [0.25, 0.3) is 10.8 Å². The fourth-order valence-corrected chi connectivity index (χ4v) is 3.00. The van der Waals surface area contributed by atoms with Crippen molar-refractivity contribution in [3.8, 4) is 5.75 Å². The van der Waals surface area contributed by atoms with Crippen molar-refractivity contribution in [1.82, 2.24) is 0 Å². The number of ether oxygens (including phenoxy) is 1. The second-order valence-corrected chi connectivity index (χ2v) is 6.01. The number of hydrogen-bond acceptors (Lipinski definition) is 2. The molecule has 0 unspecified atom stereocenters. The highest BCUT2D eigenvalue weighted by molar-refractivity contribution is 7.99. The fourth-order valence-electron chi connectivity index (χ4n) is 2.20. The Bertz CT molecular complexity index is 750. The van der Waals surface area contributed by atoms with Gasteiger partial charge in [-0.2, -0.15) is 0 Å². The first kappa shape index (κ1) is 14.7. The summed E-state index contributed by atoms with van der Waals surface area (Å²) in [6.45, 7) is 0.613. The van der Waals surface area contributed by atoms with Crippen LogP contribution in [0, 0.1) is 0 Å². The van der Waals surface area contributed by atoms with E-state index in [-0.39, 0.29) is 0 Å². The lowest BCUT2D eigenvalue weighted by Gasteiger charge is -2.03. The summed E-state index contributed by atoms with van der Waals surface area (Å²) in [5.41, 5.74) is 0. The van der Waals surface area contributed by atoms with Crippen molar-refractivity contribution >= 4 is 22.5 Å². The van der Waals surface area contributed by atoms with E-state index in [0.29, 0.717) is 6.61 Å². The Balaban J connectivity index is 1.46. The minimum Gasteiger partial charge on any atom is -0.490 e. The van der Waals surface area contributed by atoms with Crippen LogP contribution in [0.3, 0.4) is 0 Å². The number of rotatable bonds is 6. The minimum atomic E-state index is 0.613. The predicted molar refractivity (Wildman–Crippen MR) is 95.7 cm³/mol. The molecule has 110 valence electrons. The maximum absolute atomic E-state index is 5.62. The van der Waals surface area contributed by atoms with E-state index in [1.54, 1.807) is 0 Å². The molecular weight excluding hydrogens is 288 g/mol. The van der Waals surface area contributed by atoms with Gasteiger partial charge in [0.25, 0.3) is 0 Å². The third-order valence-corrected chi connectivity index (χ3v) is 4.27. The average molecular weight is 306 g/mol. The molecule has 3 aromatic carbocycles. The highest BCUT2D eigenvalue weighted by atomic mass is 32.2. The monoisotopic (exact) mass is 306 g/mol. The van der Waals surface area contributed by atoms with E-state index in [2.05, 4.69) is 54.6 Å². The highest BCUT2D eigenvalue weighted by Crippen LogP contribution is 2.23. The van der Waals surface area contributed by atoms with Gasteiger partial charge in [0.1, 0.15) is 12.4 Å². The summed E-state index contributed by atoms with van der Waals surface area (Å²) in [4.78, 5) is 1.30. The Kier molecular flexibility index (Phi) is 5.17. The van der Waals surface area contributed by atoms with Crippen molar-refractivity contribution in [2.24, 2.45) is 0 Å². The number of benzene rings is 3. The topological polar surface area (TPSA) is 9.23 Å². The first-order valence-electron chi connectivity index (χ1n) is 7.36. The van der Waals surface area contributed by atoms with Crippen molar-refractivity contribution in [1.29, 1.82) is 0 Å². The lowest BCUT2D eigenvalue weighted by Crippen LogP contribution is -1.92. The second-order valence-electron chi connectivity index (χ2n) is 4.92. The molecule has 0 amide bonds. The molecule has 0 aromatic heterocycles. The number of thioether (sulfide) groups is 1. The quantitative estimate of drug-likeness (QED) is 0.435. The summed E-state index contributed by atoms with van der Waals surface area (Å²) in [6.07, 6.45) is 4.23. The van der Waals surface area contributed by atoms with Gasteiger partial charge < -0.3 is 4.74 Å².